The summed E-state index contributed by atoms with van der Waals surface area (Å²) in [5.74, 6) is 0. The Morgan fingerprint density at radius 1 is 0.724 bits per heavy atom. The van der Waals surface area contributed by atoms with E-state index in [1.165, 1.54) is 6.42 Å². The summed E-state index contributed by atoms with van der Waals surface area (Å²) in [6.07, 6.45) is -1.73. The van der Waals surface area contributed by atoms with Crippen molar-refractivity contribution in [3.63, 3.8) is 0 Å². The van der Waals surface area contributed by atoms with E-state index in [0.29, 0.717) is 19.4 Å². The van der Waals surface area contributed by atoms with Gasteiger partial charge in [-0.1, -0.05) is 41.5 Å². The van der Waals surface area contributed by atoms with E-state index in [0.717, 1.165) is 19.5 Å². The minimum atomic E-state index is -1.26. The second-order valence-corrected chi connectivity index (χ2v) is 7.19. The molecule has 0 fully saturated rings. The van der Waals surface area contributed by atoms with Crippen molar-refractivity contribution >= 4 is 0 Å². The summed E-state index contributed by atoms with van der Waals surface area (Å²) >= 11 is 0. The quantitative estimate of drug-likeness (QED) is 0.153. The lowest BCUT2D eigenvalue weighted by Crippen LogP contribution is -2.85. The predicted molar refractivity (Wildman–Crippen MR) is 114 cm³/mol. The molecule has 0 aliphatic heterocycles. The molecule has 0 aromatic rings. The van der Waals surface area contributed by atoms with Crippen LogP contribution in [0.5, 0.6) is 0 Å². The monoisotopic (exact) mass is 432 g/mol. The van der Waals surface area contributed by atoms with Crippen molar-refractivity contribution in [3.8, 4) is 0 Å². The van der Waals surface area contributed by atoms with E-state index in [9.17, 15) is 20.4 Å². The van der Waals surface area contributed by atoms with Gasteiger partial charge in [0.2, 0.25) is 0 Å². The third-order valence-electron chi connectivity index (χ3n) is 4.11. The van der Waals surface area contributed by atoms with Crippen molar-refractivity contribution in [3.05, 3.63) is 0 Å². The van der Waals surface area contributed by atoms with Gasteiger partial charge in [0.25, 0.3) is 0 Å². The Labute approximate surface area is 177 Å². The molecule has 0 unspecified atom stereocenters. The van der Waals surface area contributed by atoms with Crippen LogP contribution in [0.15, 0.2) is 0 Å². The lowest BCUT2D eigenvalue weighted by molar-refractivity contribution is -0.655. The highest BCUT2D eigenvalue weighted by atomic mass is 16.4. The maximum absolute atomic E-state index is 9.36. The molecule has 10 N–H and O–H groups in total. The third kappa shape index (κ3) is 20.7. The highest BCUT2D eigenvalue weighted by Gasteiger charge is 2.28. The van der Waals surface area contributed by atoms with Gasteiger partial charge in [-0.15, -0.1) is 0 Å². The van der Waals surface area contributed by atoms with E-state index < -0.39 is 29.8 Å². The molecule has 0 aromatic carbocycles. The van der Waals surface area contributed by atoms with Gasteiger partial charge in [-0.3, -0.25) is 0 Å². The number of hydrogen-bond acceptors (Lipinski definition) is 8. The van der Waals surface area contributed by atoms with Crippen molar-refractivity contribution < 1.29 is 46.2 Å². The Hall–Kier alpha value is -0.360. The fraction of sp³-hybridized carbons (Fsp3) is 1.00. The average Bonchev–Trinajstić information content (AvgIpc) is 2.72. The first-order chi connectivity index (χ1) is 13.1. The fourth-order valence-corrected chi connectivity index (χ4v) is 1.75. The Balaban J connectivity index is -0.000000170. The largest absolute Gasteiger partial charge is 0.396 e. The molecule has 0 spiro atoms. The standard InChI is InChI=1S/C9H20O4.C5H13NO.C5H12O3.CH4/c1-3-5-7(11)9(13)8(12)6(10)4-2;1-2-3-6-4-5-7;1-5(2-6,3-7)4-8;/h6-13H,3-5H2,1-2H3;6-7H,2-5H2,1H3;6-8H,2-4H2,1H3;1H4/p+1/t6-,7+,8-,9-;;;/m1.../s1. The van der Waals surface area contributed by atoms with E-state index in [1.54, 1.807) is 13.8 Å². The molecule has 0 aliphatic carbocycles. The van der Waals surface area contributed by atoms with Crippen molar-refractivity contribution in [2.75, 3.05) is 39.5 Å². The average molecular weight is 433 g/mol. The summed E-state index contributed by atoms with van der Waals surface area (Å²) in [5, 5.41) is 73.0. The zero-order valence-corrected chi connectivity index (χ0v) is 18.0. The minimum absolute atomic E-state index is 0. The van der Waals surface area contributed by atoms with E-state index in [-0.39, 0.29) is 27.2 Å². The van der Waals surface area contributed by atoms with Gasteiger partial charge in [0, 0.05) is 5.41 Å². The van der Waals surface area contributed by atoms with Crippen molar-refractivity contribution in [2.24, 2.45) is 5.41 Å². The molecule has 0 rings (SSSR count). The molecule has 0 aromatic heterocycles. The van der Waals surface area contributed by atoms with Crippen LogP contribution < -0.4 is 5.32 Å². The predicted octanol–water partition coefficient (Wildman–Crippen LogP) is -1.80. The smallest absolute Gasteiger partial charge is 0.108 e. The topological polar surface area (TPSA) is 178 Å². The normalized spacial score (nSPS) is 14.9. The zero-order chi connectivity index (χ0) is 22.6. The summed E-state index contributed by atoms with van der Waals surface area (Å²) in [7, 11) is 0. The van der Waals surface area contributed by atoms with Gasteiger partial charge in [-0.05, 0) is 19.3 Å². The van der Waals surface area contributed by atoms with E-state index in [2.05, 4.69) is 12.2 Å². The Kier molecular flexibility index (Phi) is 29.7. The molecule has 0 aliphatic rings. The highest BCUT2D eigenvalue weighted by Crippen LogP contribution is 2.11. The maximum atomic E-state index is 9.36. The van der Waals surface area contributed by atoms with Gasteiger partial charge in [-0.25, -0.2) is 0 Å². The van der Waals surface area contributed by atoms with Crippen LogP contribution in [0.2, 0.25) is 0 Å². The van der Waals surface area contributed by atoms with Crippen LogP contribution in [-0.2, 0) is 0 Å². The molecule has 0 radical (unpaired) electrons. The maximum Gasteiger partial charge on any atom is 0.108 e. The summed E-state index contributed by atoms with van der Waals surface area (Å²) in [6, 6.07) is 0. The van der Waals surface area contributed by atoms with Crippen molar-refractivity contribution in [1.29, 1.82) is 0 Å². The van der Waals surface area contributed by atoms with Crippen LogP contribution in [0.4, 0.5) is 0 Å². The zero-order valence-electron chi connectivity index (χ0n) is 18.0. The first-order valence-electron chi connectivity index (χ1n) is 10.1. The van der Waals surface area contributed by atoms with Gasteiger partial charge >= 0.3 is 0 Å². The Morgan fingerprint density at radius 3 is 1.45 bits per heavy atom. The number of nitrogens with two attached hydrogens (primary N) is 1. The highest BCUT2D eigenvalue weighted by molar-refractivity contribution is 4.79. The van der Waals surface area contributed by atoms with Gasteiger partial charge in [-0.2, -0.15) is 0 Å². The van der Waals surface area contributed by atoms with E-state index >= 15 is 0 Å². The first kappa shape index (κ1) is 36.0. The molecule has 29 heavy (non-hydrogen) atoms. The van der Waals surface area contributed by atoms with Gasteiger partial charge in [0.05, 0.1) is 51.7 Å². The van der Waals surface area contributed by atoms with E-state index in [1.807, 2.05) is 6.92 Å². The summed E-state index contributed by atoms with van der Waals surface area (Å²) in [4.78, 5) is 0. The summed E-state index contributed by atoms with van der Waals surface area (Å²) in [5.41, 5.74) is -0.708. The molecular weight excluding hydrogens is 382 g/mol. The Bertz CT molecular complexity index is 294. The Morgan fingerprint density at radius 2 is 1.17 bits per heavy atom. The first-order valence-corrected chi connectivity index (χ1v) is 10.1. The van der Waals surface area contributed by atoms with Gasteiger partial charge < -0.3 is 46.2 Å². The second-order valence-electron chi connectivity index (χ2n) is 7.19. The van der Waals surface area contributed by atoms with Crippen LogP contribution >= 0.6 is 0 Å². The number of quaternary nitrogens is 1. The van der Waals surface area contributed by atoms with Crippen LogP contribution in [0, 0.1) is 5.41 Å². The van der Waals surface area contributed by atoms with Crippen molar-refractivity contribution in [1.82, 2.24) is 0 Å². The summed E-state index contributed by atoms with van der Waals surface area (Å²) in [6.45, 7) is 9.07. The van der Waals surface area contributed by atoms with Crippen LogP contribution in [0.3, 0.4) is 0 Å². The minimum Gasteiger partial charge on any atom is -0.396 e. The second kappa shape index (κ2) is 23.9. The molecule has 0 heterocycles. The lowest BCUT2D eigenvalue weighted by atomic mass is 9.95. The number of hydrogen-bond donors (Lipinski definition) is 9. The molecule has 0 amide bonds. The molecule has 0 saturated heterocycles. The molecular formula is C20H50NO8+. The molecule has 9 heteroatoms. The van der Waals surface area contributed by atoms with Crippen molar-refractivity contribution in [2.45, 2.75) is 85.2 Å². The molecule has 9 nitrogen and oxygen atoms in total. The van der Waals surface area contributed by atoms with Crippen LogP contribution in [-0.4, -0.2) is 105 Å². The van der Waals surface area contributed by atoms with Gasteiger partial charge in [0.1, 0.15) is 12.2 Å². The number of rotatable bonds is 13. The van der Waals surface area contributed by atoms with Crippen LogP contribution in [0.1, 0.15) is 60.8 Å². The molecule has 0 saturated carbocycles. The van der Waals surface area contributed by atoms with Gasteiger partial charge in [0.15, 0.2) is 0 Å². The summed E-state index contributed by atoms with van der Waals surface area (Å²) < 4.78 is 0. The van der Waals surface area contributed by atoms with Crippen LogP contribution in [0.25, 0.3) is 0 Å². The molecule has 182 valence electrons. The molecule has 4 atom stereocenters. The molecule has 0 bridgehead atoms. The number of aliphatic hydroxyl groups is 8. The number of aliphatic hydroxyl groups excluding tert-OH is 8. The SMILES string of the molecule is C.CC(CO)(CO)CO.CCC[C@H](O)[C@@H](O)[C@H](O)[C@H](O)CC.CCC[NH2+]CCO. The fourth-order valence-electron chi connectivity index (χ4n) is 1.75. The van der Waals surface area contributed by atoms with E-state index in [4.69, 9.17) is 20.4 Å². The third-order valence-corrected chi connectivity index (χ3v) is 4.11. The lowest BCUT2D eigenvalue weighted by Gasteiger charge is -2.25.